The van der Waals surface area contributed by atoms with Gasteiger partial charge in [0.05, 0.1) is 13.2 Å². The fourth-order valence-electron chi connectivity index (χ4n) is 8.12. The van der Waals surface area contributed by atoms with Gasteiger partial charge in [0, 0.05) is 25.8 Å². The van der Waals surface area contributed by atoms with Crippen molar-refractivity contribution in [3.8, 4) is 0 Å². The maximum Gasteiger partial charge on any atom is 0.303 e. The van der Waals surface area contributed by atoms with Gasteiger partial charge in [0.1, 0.15) is 30.4 Å². The minimum Gasteiger partial charge on any atom is -0.481 e. The lowest BCUT2D eigenvalue weighted by molar-refractivity contribution is -0.231. The summed E-state index contributed by atoms with van der Waals surface area (Å²) in [6, 6.07) is -2.72. The van der Waals surface area contributed by atoms with E-state index in [4.69, 9.17) is 9.84 Å². The predicted octanol–water partition coefficient (Wildman–Crippen LogP) is 7.82. The Bertz CT molecular complexity index is 1100. The molecule has 0 aromatic rings. The van der Waals surface area contributed by atoms with Crippen LogP contribution in [0.1, 0.15) is 219 Å². The van der Waals surface area contributed by atoms with Gasteiger partial charge in [0.15, 0.2) is 6.23 Å². The van der Waals surface area contributed by atoms with Gasteiger partial charge in [-0.1, -0.05) is 174 Å². The first-order valence-electron chi connectivity index (χ1n) is 24.4. The van der Waals surface area contributed by atoms with Crippen molar-refractivity contribution in [1.82, 2.24) is 15.5 Å². The minimum absolute atomic E-state index is 0.0492. The lowest BCUT2D eigenvalue weighted by Crippen LogP contribution is -2.70. The van der Waals surface area contributed by atoms with Crippen LogP contribution < -0.4 is 10.6 Å². The van der Waals surface area contributed by atoms with E-state index < -0.39 is 67.6 Å². The van der Waals surface area contributed by atoms with Gasteiger partial charge >= 0.3 is 5.97 Å². The van der Waals surface area contributed by atoms with Crippen molar-refractivity contribution in [2.75, 3.05) is 19.8 Å². The van der Waals surface area contributed by atoms with E-state index in [-0.39, 0.29) is 38.0 Å². The van der Waals surface area contributed by atoms with Crippen LogP contribution in [-0.2, 0) is 23.9 Å². The molecule has 0 spiro atoms. The Morgan fingerprint density at radius 3 is 1.42 bits per heavy atom. The standard InChI is InChI=1S/C47H89N3O10/c1-3-5-7-9-11-13-15-17-18-19-20-22-24-26-28-33-41(54)50(35-31-27-25-23-21-16-14-12-10-8-6-4-2)47-43(45(58)44(57)39(37-52)60-47)49-46(59)38(36-51)48-40(53)32-29-30-34-42(55)56/h38-39,43-45,47,51-52,57-58H,3-37H2,1-2H3,(H,48,53)(H,49,59)(H,55,56)/t38-,39+,43+,44+,45+,47+/m0/s1. The van der Waals surface area contributed by atoms with E-state index in [1.54, 1.807) is 0 Å². The van der Waals surface area contributed by atoms with Crippen LogP contribution in [0.25, 0.3) is 0 Å². The number of rotatable bonds is 40. The van der Waals surface area contributed by atoms with Crippen molar-refractivity contribution < 1.29 is 49.4 Å². The van der Waals surface area contributed by atoms with Gasteiger partial charge in [0.2, 0.25) is 17.7 Å². The van der Waals surface area contributed by atoms with Gasteiger partial charge in [-0.15, -0.1) is 0 Å². The summed E-state index contributed by atoms with van der Waals surface area (Å²) in [5.74, 6) is -2.58. The zero-order valence-corrected chi connectivity index (χ0v) is 37.9. The molecule has 1 fully saturated rings. The highest BCUT2D eigenvalue weighted by atomic mass is 16.5. The lowest BCUT2D eigenvalue weighted by atomic mass is 9.94. The molecule has 13 nitrogen and oxygen atoms in total. The molecular weight excluding hydrogens is 767 g/mol. The molecule has 1 heterocycles. The maximum atomic E-state index is 14.0. The first kappa shape index (κ1) is 55.7. The van der Waals surface area contributed by atoms with Crippen LogP contribution in [0.15, 0.2) is 0 Å². The molecule has 7 N–H and O–H groups in total. The Morgan fingerprint density at radius 1 is 0.567 bits per heavy atom. The summed E-state index contributed by atoms with van der Waals surface area (Å²) in [7, 11) is 0. The van der Waals surface area contributed by atoms with E-state index >= 15 is 0 Å². The lowest BCUT2D eigenvalue weighted by Gasteiger charge is -2.47. The second-order valence-electron chi connectivity index (χ2n) is 17.3. The molecule has 3 amide bonds. The summed E-state index contributed by atoms with van der Waals surface area (Å²) in [4.78, 5) is 52.4. The van der Waals surface area contributed by atoms with Crippen LogP contribution in [0.3, 0.4) is 0 Å². The zero-order valence-electron chi connectivity index (χ0n) is 37.9. The van der Waals surface area contributed by atoms with Crippen LogP contribution in [0, 0.1) is 0 Å². The van der Waals surface area contributed by atoms with E-state index in [0.29, 0.717) is 19.4 Å². The fourth-order valence-corrected chi connectivity index (χ4v) is 8.12. The highest BCUT2D eigenvalue weighted by molar-refractivity contribution is 5.88. The number of hydrogen-bond acceptors (Lipinski definition) is 9. The quantitative estimate of drug-likeness (QED) is 0.0298. The Hall–Kier alpha value is -2.32. The third kappa shape index (κ3) is 26.2. The van der Waals surface area contributed by atoms with Crippen molar-refractivity contribution >= 4 is 23.7 Å². The summed E-state index contributed by atoms with van der Waals surface area (Å²) < 4.78 is 6.11. The van der Waals surface area contributed by atoms with E-state index in [1.807, 2.05) is 0 Å². The Morgan fingerprint density at radius 2 is 0.983 bits per heavy atom. The molecule has 0 unspecified atom stereocenters. The number of carbonyl (C=O) groups is 4. The highest BCUT2D eigenvalue weighted by Crippen LogP contribution is 2.26. The number of aliphatic hydroxyl groups is 4. The molecule has 352 valence electrons. The van der Waals surface area contributed by atoms with E-state index in [0.717, 1.165) is 38.5 Å². The smallest absolute Gasteiger partial charge is 0.303 e. The second-order valence-corrected chi connectivity index (χ2v) is 17.3. The first-order chi connectivity index (χ1) is 29.1. The van der Waals surface area contributed by atoms with Crippen molar-refractivity contribution in [3.05, 3.63) is 0 Å². The molecule has 0 saturated carbocycles. The molecule has 0 aromatic carbocycles. The van der Waals surface area contributed by atoms with Crippen molar-refractivity contribution in [2.45, 2.75) is 256 Å². The monoisotopic (exact) mass is 856 g/mol. The zero-order chi connectivity index (χ0) is 44.2. The average Bonchev–Trinajstić information content (AvgIpc) is 3.23. The molecule has 13 heteroatoms. The number of carbonyl (C=O) groups excluding carboxylic acids is 3. The fraction of sp³-hybridized carbons (Fsp3) is 0.915. The molecule has 6 atom stereocenters. The molecule has 0 aliphatic carbocycles. The van der Waals surface area contributed by atoms with E-state index in [1.165, 1.54) is 127 Å². The topological polar surface area (TPSA) is 206 Å². The van der Waals surface area contributed by atoms with Crippen molar-refractivity contribution in [2.24, 2.45) is 0 Å². The maximum absolute atomic E-state index is 14.0. The van der Waals surface area contributed by atoms with Crippen LogP contribution in [0.4, 0.5) is 0 Å². The Balaban J connectivity index is 2.86. The van der Waals surface area contributed by atoms with Gasteiger partial charge in [-0.2, -0.15) is 0 Å². The van der Waals surface area contributed by atoms with Crippen LogP contribution in [-0.4, -0.2) is 111 Å². The molecule has 1 saturated heterocycles. The molecule has 0 aromatic heterocycles. The number of hydrogen-bond donors (Lipinski definition) is 7. The normalized spacial score (nSPS) is 19.5. The summed E-state index contributed by atoms with van der Waals surface area (Å²) >= 11 is 0. The third-order valence-corrected chi connectivity index (χ3v) is 12.0. The van der Waals surface area contributed by atoms with Gasteiger partial charge in [-0.3, -0.25) is 19.2 Å². The Labute approximate surface area is 363 Å². The van der Waals surface area contributed by atoms with E-state index in [9.17, 15) is 39.6 Å². The highest BCUT2D eigenvalue weighted by Gasteiger charge is 2.48. The molecule has 1 rings (SSSR count). The number of ether oxygens (including phenoxy) is 1. The first-order valence-corrected chi connectivity index (χ1v) is 24.4. The molecular formula is C47H89N3O10. The summed E-state index contributed by atoms with van der Waals surface area (Å²) in [5, 5.41) is 56.2. The number of amides is 3. The van der Waals surface area contributed by atoms with E-state index in [2.05, 4.69) is 24.5 Å². The molecule has 1 aliphatic rings. The second kappa shape index (κ2) is 37.3. The minimum atomic E-state index is -1.63. The van der Waals surface area contributed by atoms with Gasteiger partial charge < -0.3 is 45.8 Å². The molecule has 0 bridgehead atoms. The number of carboxylic acids is 1. The number of aliphatic carboxylic acids is 1. The summed E-state index contributed by atoms with van der Waals surface area (Å²) in [6.07, 6.45) is 26.9. The number of nitrogens with one attached hydrogen (secondary N) is 2. The predicted molar refractivity (Wildman–Crippen MR) is 237 cm³/mol. The molecule has 1 aliphatic heterocycles. The number of nitrogens with zero attached hydrogens (tertiary/aromatic N) is 1. The summed E-state index contributed by atoms with van der Waals surface area (Å²) in [6.45, 7) is 3.39. The van der Waals surface area contributed by atoms with Gasteiger partial charge in [0.25, 0.3) is 0 Å². The molecule has 0 radical (unpaired) electrons. The van der Waals surface area contributed by atoms with Crippen LogP contribution >= 0.6 is 0 Å². The molecule has 60 heavy (non-hydrogen) atoms. The summed E-state index contributed by atoms with van der Waals surface area (Å²) in [5.41, 5.74) is 0. The number of unbranched alkanes of at least 4 members (excludes halogenated alkanes) is 26. The largest absolute Gasteiger partial charge is 0.481 e. The van der Waals surface area contributed by atoms with Crippen LogP contribution in [0.5, 0.6) is 0 Å². The van der Waals surface area contributed by atoms with Gasteiger partial charge in [-0.25, -0.2) is 0 Å². The van der Waals surface area contributed by atoms with Crippen molar-refractivity contribution in [1.29, 1.82) is 0 Å². The van der Waals surface area contributed by atoms with Crippen LogP contribution in [0.2, 0.25) is 0 Å². The number of aliphatic hydroxyl groups excluding tert-OH is 4. The Kier molecular flexibility index (Phi) is 34.6. The number of carboxylic acid groups (broad SMARTS) is 1. The third-order valence-electron chi connectivity index (χ3n) is 12.0. The average molecular weight is 856 g/mol. The SMILES string of the molecule is CCCCCCCCCCCCCCCCCC(=O)N(CCCCCCCCCCCCCC)[C@@H]1O[C@H](CO)[C@@H](O)[C@H](O)[C@H]1NC(=O)[C@H](CO)NC(=O)CCCCC(=O)O. The van der Waals surface area contributed by atoms with Crippen molar-refractivity contribution in [3.63, 3.8) is 0 Å². The van der Waals surface area contributed by atoms with Gasteiger partial charge in [-0.05, 0) is 25.7 Å².